The van der Waals surface area contributed by atoms with Crippen LogP contribution in [0.25, 0.3) is 0 Å². The largest absolute Gasteiger partial charge is 0.367 e. The van der Waals surface area contributed by atoms with Crippen molar-refractivity contribution >= 4 is 27.5 Å². The van der Waals surface area contributed by atoms with Gasteiger partial charge in [-0.2, -0.15) is 0 Å². The van der Waals surface area contributed by atoms with Crippen molar-refractivity contribution in [1.29, 1.82) is 0 Å². The summed E-state index contributed by atoms with van der Waals surface area (Å²) in [6, 6.07) is 8.24. The lowest BCUT2D eigenvalue weighted by Gasteiger charge is -2.37. The van der Waals surface area contributed by atoms with Crippen LogP contribution in [0, 0.1) is 5.92 Å². The SMILES string of the molecule is CC(C)C(=O)N1CCN(c2ccccc2Br)CC1. The highest BCUT2D eigenvalue weighted by atomic mass is 79.9. The zero-order chi connectivity index (χ0) is 13.1. The van der Waals surface area contributed by atoms with Crippen molar-refractivity contribution < 1.29 is 4.79 Å². The van der Waals surface area contributed by atoms with Crippen LogP contribution in [0.2, 0.25) is 0 Å². The van der Waals surface area contributed by atoms with Crippen molar-refractivity contribution in [2.24, 2.45) is 5.92 Å². The zero-order valence-corrected chi connectivity index (χ0v) is 12.5. The molecule has 1 saturated heterocycles. The molecule has 1 aliphatic rings. The van der Waals surface area contributed by atoms with Crippen molar-refractivity contribution in [3.05, 3.63) is 28.7 Å². The molecule has 2 rings (SSSR count). The average Bonchev–Trinajstić information content (AvgIpc) is 2.38. The molecule has 98 valence electrons. The molecular formula is C14H19BrN2O. The van der Waals surface area contributed by atoms with Gasteiger partial charge < -0.3 is 9.80 Å². The minimum atomic E-state index is 0.0972. The first-order valence-electron chi connectivity index (χ1n) is 6.38. The number of carbonyl (C=O) groups is 1. The van der Waals surface area contributed by atoms with Crippen molar-refractivity contribution in [3.8, 4) is 0 Å². The van der Waals surface area contributed by atoms with E-state index in [0.29, 0.717) is 0 Å². The van der Waals surface area contributed by atoms with E-state index in [1.54, 1.807) is 0 Å². The molecule has 3 nitrogen and oxygen atoms in total. The maximum absolute atomic E-state index is 11.9. The second-order valence-corrected chi connectivity index (χ2v) is 5.77. The molecule has 0 aromatic heterocycles. The van der Waals surface area contributed by atoms with Crippen LogP contribution in [0.4, 0.5) is 5.69 Å². The van der Waals surface area contributed by atoms with E-state index in [1.807, 2.05) is 30.9 Å². The topological polar surface area (TPSA) is 23.6 Å². The predicted octanol–water partition coefficient (Wildman–Crippen LogP) is 2.75. The third kappa shape index (κ3) is 2.86. The van der Waals surface area contributed by atoms with Crippen LogP contribution in [0.3, 0.4) is 0 Å². The normalized spacial score (nSPS) is 16.2. The van der Waals surface area contributed by atoms with E-state index < -0.39 is 0 Å². The standard InChI is InChI=1S/C14H19BrN2O/c1-11(2)14(18)17-9-7-16(8-10-17)13-6-4-3-5-12(13)15/h3-6,11H,7-10H2,1-2H3. The summed E-state index contributed by atoms with van der Waals surface area (Å²) in [6.45, 7) is 7.36. The first-order valence-corrected chi connectivity index (χ1v) is 7.17. The number of nitrogens with zero attached hydrogens (tertiary/aromatic N) is 2. The minimum absolute atomic E-state index is 0.0972. The summed E-state index contributed by atoms with van der Waals surface area (Å²) in [4.78, 5) is 16.2. The number of carbonyl (C=O) groups excluding carboxylic acids is 1. The van der Waals surface area contributed by atoms with Crippen molar-refractivity contribution in [3.63, 3.8) is 0 Å². The molecular weight excluding hydrogens is 292 g/mol. The number of rotatable bonds is 2. The molecule has 1 fully saturated rings. The molecule has 0 aliphatic carbocycles. The Morgan fingerprint density at radius 1 is 1.17 bits per heavy atom. The van der Waals surface area contributed by atoms with Crippen molar-refractivity contribution in [2.75, 3.05) is 31.1 Å². The Hall–Kier alpha value is -1.03. The van der Waals surface area contributed by atoms with Crippen LogP contribution < -0.4 is 4.90 Å². The highest BCUT2D eigenvalue weighted by Crippen LogP contribution is 2.26. The zero-order valence-electron chi connectivity index (χ0n) is 10.9. The van der Waals surface area contributed by atoms with Gasteiger partial charge in [-0.25, -0.2) is 0 Å². The van der Waals surface area contributed by atoms with Crippen LogP contribution in [-0.2, 0) is 4.79 Å². The van der Waals surface area contributed by atoms with Crippen LogP contribution in [0.5, 0.6) is 0 Å². The Balaban J connectivity index is 1.99. The van der Waals surface area contributed by atoms with Gasteiger partial charge in [0.2, 0.25) is 5.91 Å². The van der Waals surface area contributed by atoms with Gasteiger partial charge in [0.05, 0.1) is 5.69 Å². The molecule has 0 radical (unpaired) electrons. The van der Waals surface area contributed by atoms with Gasteiger partial charge in [-0.3, -0.25) is 4.79 Å². The van der Waals surface area contributed by atoms with Gasteiger partial charge in [-0.15, -0.1) is 0 Å². The summed E-state index contributed by atoms with van der Waals surface area (Å²) >= 11 is 3.58. The second kappa shape index (κ2) is 5.74. The second-order valence-electron chi connectivity index (χ2n) is 4.92. The van der Waals surface area contributed by atoms with E-state index in [-0.39, 0.29) is 11.8 Å². The van der Waals surface area contributed by atoms with E-state index in [0.717, 1.165) is 30.7 Å². The molecule has 1 aromatic rings. The van der Waals surface area contributed by atoms with Gasteiger partial charge in [-0.05, 0) is 28.1 Å². The Kier molecular flexibility index (Phi) is 4.27. The fourth-order valence-corrected chi connectivity index (χ4v) is 2.78. The Morgan fingerprint density at radius 2 is 1.78 bits per heavy atom. The number of hydrogen-bond donors (Lipinski definition) is 0. The Morgan fingerprint density at radius 3 is 2.33 bits per heavy atom. The average molecular weight is 311 g/mol. The van der Waals surface area contributed by atoms with Gasteiger partial charge in [-0.1, -0.05) is 26.0 Å². The summed E-state index contributed by atoms with van der Waals surface area (Å²) in [6.07, 6.45) is 0. The maximum atomic E-state index is 11.9. The third-order valence-electron chi connectivity index (χ3n) is 3.28. The molecule has 0 bridgehead atoms. The fourth-order valence-electron chi connectivity index (χ4n) is 2.24. The molecule has 4 heteroatoms. The molecule has 1 aliphatic heterocycles. The highest BCUT2D eigenvalue weighted by molar-refractivity contribution is 9.10. The number of piperazine rings is 1. The lowest BCUT2D eigenvalue weighted by molar-refractivity contribution is -0.134. The summed E-state index contributed by atoms with van der Waals surface area (Å²) < 4.78 is 1.12. The molecule has 1 aromatic carbocycles. The van der Waals surface area contributed by atoms with Gasteiger partial charge in [0.1, 0.15) is 0 Å². The van der Waals surface area contributed by atoms with E-state index >= 15 is 0 Å². The van der Waals surface area contributed by atoms with Crippen LogP contribution in [0.1, 0.15) is 13.8 Å². The summed E-state index contributed by atoms with van der Waals surface area (Å²) in [5.74, 6) is 0.363. The minimum Gasteiger partial charge on any atom is -0.367 e. The molecule has 0 unspecified atom stereocenters. The van der Waals surface area contributed by atoms with Gasteiger partial charge in [0.25, 0.3) is 0 Å². The fraction of sp³-hybridized carbons (Fsp3) is 0.500. The summed E-state index contributed by atoms with van der Waals surface area (Å²) in [7, 11) is 0. The smallest absolute Gasteiger partial charge is 0.225 e. The number of anilines is 1. The number of para-hydroxylation sites is 1. The van der Waals surface area contributed by atoms with Crippen molar-refractivity contribution in [1.82, 2.24) is 4.90 Å². The maximum Gasteiger partial charge on any atom is 0.225 e. The first-order chi connectivity index (χ1) is 8.59. The molecule has 1 heterocycles. The van der Waals surface area contributed by atoms with Gasteiger partial charge in [0, 0.05) is 36.6 Å². The number of halogens is 1. The van der Waals surface area contributed by atoms with Gasteiger partial charge in [0.15, 0.2) is 0 Å². The number of amides is 1. The molecule has 1 amide bonds. The van der Waals surface area contributed by atoms with E-state index in [4.69, 9.17) is 0 Å². The Bertz CT molecular complexity index is 426. The molecule has 0 atom stereocenters. The molecule has 0 N–H and O–H groups in total. The van der Waals surface area contributed by atoms with E-state index in [1.165, 1.54) is 5.69 Å². The lowest BCUT2D eigenvalue weighted by Crippen LogP contribution is -2.50. The molecule has 0 spiro atoms. The molecule has 0 saturated carbocycles. The number of hydrogen-bond acceptors (Lipinski definition) is 2. The van der Waals surface area contributed by atoms with Crippen LogP contribution in [0.15, 0.2) is 28.7 Å². The van der Waals surface area contributed by atoms with Crippen LogP contribution >= 0.6 is 15.9 Å². The summed E-state index contributed by atoms with van der Waals surface area (Å²) in [5, 5.41) is 0. The molecule has 18 heavy (non-hydrogen) atoms. The van der Waals surface area contributed by atoms with Gasteiger partial charge >= 0.3 is 0 Å². The number of benzene rings is 1. The highest BCUT2D eigenvalue weighted by Gasteiger charge is 2.23. The predicted molar refractivity (Wildman–Crippen MR) is 77.8 cm³/mol. The first kappa shape index (κ1) is 13.4. The third-order valence-corrected chi connectivity index (χ3v) is 3.95. The van der Waals surface area contributed by atoms with E-state index in [2.05, 4.69) is 33.0 Å². The quantitative estimate of drug-likeness (QED) is 0.838. The Labute approximate surface area is 117 Å². The summed E-state index contributed by atoms with van der Waals surface area (Å²) in [5.41, 5.74) is 1.22. The lowest BCUT2D eigenvalue weighted by atomic mass is 10.1. The monoisotopic (exact) mass is 310 g/mol. The van der Waals surface area contributed by atoms with E-state index in [9.17, 15) is 4.79 Å². The van der Waals surface area contributed by atoms with Crippen molar-refractivity contribution in [2.45, 2.75) is 13.8 Å². The van der Waals surface area contributed by atoms with Crippen LogP contribution in [-0.4, -0.2) is 37.0 Å².